The van der Waals surface area contributed by atoms with Crippen LogP contribution >= 0.6 is 22.9 Å². The minimum Gasteiger partial charge on any atom is -0.497 e. The fraction of sp³-hybridized carbons (Fsp3) is 0.111. The summed E-state index contributed by atoms with van der Waals surface area (Å²) in [5, 5.41) is 5.94. The number of hydrogen-bond acceptors (Lipinski definition) is 5. The lowest BCUT2D eigenvalue weighted by Crippen LogP contribution is -2.12. The number of hydrogen-bond donors (Lipinski definition) is 1. The Bertz CT molecular complexity index is 871. The summed E-state index contributed by atoms with van der Waals surface area (Å²) in [6.45, 7) is 0. The molecule has 5 nitrogen and oxygen atoms in total. The topological polar surface area (TPSA) is 60.5 Å². The van der Waals surface area contributed by atoms with Crippen LogP contribution in [0.2, 0.25) is 5.02 Å². The van der Waals surface area contributed by atoms with Crippen molar-refractivity contribution in [3.8, 4) is 22.1 Å². The number of aromatic nitrogens is 1. The van der Waals surface area contributed by atoms with E-state index in [4.69, 9.17) is 21.1 Å². The standard InChI is InChI=1S/C18H15ClN2O3S/c1-23-14-7-13(8-15(9-14)24-2)20-17(22)16-10-25-18(21-16)11-3-5-12(19)6-4-11/h3-10H,1-2H3,(H,20,22). The zero-order chi connectivity index (χ0) is 17.8. The molecule has 128 valence electrons. The van der Waals surface area contributed by atoms with E-state index in [1.165, 1.54) is 11.3 Å². The number of ether oxygens (including phenoxy) is 2. The molecule has 0 saturated carbocycles. The molecule has 0 aliphatic rings. The van der Waals surface area contributed by atoms with Gasteiger partial charge in [-0.15, -0.1) is 11.3 Å². The minimum atomic E-state index is -0.299. The van der Waals surface area contributed by atoms with Crippen LogP contribution in [0, 0.1) is 0 Å². The minimum absolute atomic E-state index is 0.299. The predicted octanol–water partition coefficient (Wildman–Crippen LogP) is 4.73. The number of nitrogens with one attached hydrogen (secondary N) is 1. The summed E-state index contributed by atoms with van der Waals surface area (Å²) < 4.78 is 10.4. The van der Waals surface area contributed by atoms with Crippen LogP contribution in [-0.4, -0.2) is 25.1 Å². The van der Waals surface area contributed by atoms with E-state index in [1.807, 2.05) is 12.1 Å². The lowest BCUT2D eigenvalue weighted by Gasteiger charge is -2.09. The first kappa shape index (κ1) is 17.3. The Morgan fingerprint density at radius 3 is 2.32 bits per heavy atom. The summed E-state index contributed by atoms with van der Waals surface area (Å²) in [5.74, 6) is 0.885. The van der Waals surface area contributed by atoms with Gasteiger partial charge in [-0.05, 0) is 12.1 Å². The molecule has 0 radical (unpaired) electrons. The van der Waals surface area contributed by atoms with Gasteiger partial charge in [0, 0.05) is 39.9 Å². The molecule has 1 N–H and O–H groups in total. The van der Waals surface area contributed by atoms with E-state index in [9.17, 15) is 4.79 Å². The van der Waals surface area contributed by atoms with Gasteiger partial charge >= 0.3 is 0 Å². The zero-order valence-electron chi connectivity index (χ0n) is 13.6. The Hall–Kier alpha value is -2.57. The first-order valence-corrected chi connectivity index (χ1v) is 8.60. The number of carbonyl (C=O) groups is 1. The molecule has 3 rings (SSSR count). The lowest BCUT2D eigenvalue weighted by atomic mass is 10.2. The normalized spacial score (nSPS) is 10.4. The van der Waals surface area contributed by atoms with Gasteiger partial charge in [-0.2, -0.15) is 0 Å². The van der Waals surface area contributed by atoms with Crippen molar-refractivity contribution in [2.45, 2.75) is 0 Å². The van der Waals surface area contributed by atoms with E-state index in [1.54, 1.807) is 49.9 Å². The number of halogens is 1. The number of carbonyl (C=O) groups excluding carboxylic acids is 1. The van der Waals surface area contributed by atoms with Crippen molar-refractivity contribution in [2.24, 2.45) is 0 Å². The number of methoxy groups -OCH3 is 2. The molecular formula is C18H15ClN2O3S. The van der Waals surface area contributed by atoms with Crippen molar-refractivity contribution in [1.82, 2.24) is 4.98 Å². The van der Waals surface area contributed by atoms with Crippen LogP contribution in [0.1, 0.15) is 10.5 Å². The van der Waals surface area contributed by atoms with Crippen LogP contribution < -0.4 is 14.8 Å². The lowest BCUT2D eigenvalue weighted by molar-refractivity contribution is 0.102. The van der Waals surface area contributed by atoms with Gasteiger partial charge in [0.15, 0.2) is 0 Å². The zero-order valence-corrected chi connectivity index (χ0v) is 15.1. The Kier molecular flexibility index (Phi) is 5.21. The highest BCUT2D eigenvalue weighted by molar-refractivity contribution is 7.13. The monoisotopic (exact) mass is 374 g/mol. The molecule has 0 bridgehead atoms. The number of amides is 1. The molecule has 0 atom stereocenters. The summed E-state index contributed by atoms with van der Waals surface area (Å²) in [5.41, 5.74) is 1.83. The summed E-state index contributed by atoms with van der Waals surface area (Å²) in [6.07, 6.45) is 0. The molecule has 0 saturated heterocycles. The van der Waals surface area contributed by atoms with Crippen molar-refractivity contribution in [1.29, 1.82) is 0 Å². The maximum atomic E-state index is 12.4. The molecule has 0 aliphatic heterocycles. The maximum Gasteiger partial charge on any atom is 0.275 e. The Labute approximate surface area is 154 Å². The number of nitrogens with zero attached hydrogens (tertiary/aromatic N) is 1. The number of rotatable bonds is 5. The summed E-state index contributed by atoms with van der Waals surface area (Å²) in [4.78, 5) is 16.8. The molecule has 0 fully saturated rings. The third-order valence-electron chi connectivity index (χ3n) is 3.44. The molecule has 7 heteroatoms. The van der Waals surface area contributed by atoms with Gasteiger partial charge < -0.3 is 14.8 Å². The van der Waals surface area contributed by atoms with E-state index in [0.717, 1.165) is 10.6 Å². The van der Waals surface area contributed by atoms with Crippen molar-refractivity contribution >= 4 is 34.5 Å². The van der Waals surface area contributed by atoms with Crippen molar-refractivity contribution in [2.75, 3.05) is 19.5 Å². The SMILES string of the molecule is COc1cc(NC(=O)c2csc(-c3ccc(Cl)cc3)n2)cc(OC)c1. The number of anilines is 1. The summed E-state index contributed by atoms with van der Waals surface area (Å²) >= 11 is 7.29. The fourth-order valence-electron chi connectivity index (χ4n) is 2.18. The summed E-state index contributed by atoms with van der Waals surface area (Å²) in [6, 6.07) is 12.5. The Morgan fingerprint density at radius 2 is 1.72 bits per heavy atom. The highest BCUT2D eigenvalue weighted by Crippen LogP contribution is 2.28. The van der Waals surface area contributed by atoms with Crippen LogP contribution in [0.15, 0.2) is 47.8 Å². The van der Waals surface area contributed by atoms with E-state index < -0.39 is 0 Å². The molecule has 1 aromatic heterocycles. The molecule has 1 heterocycles. The third-order valence-corrected chi connectivity index (χ3v) is 4.58. The van der Waals surface area contributed by atoms with Gasteiger partial charge in [-0.3, -0.25) is 4.79 Å². The second kappa shape index (κ2) is 7.55. The molecule has 0 unspecified atom stereocenters. The second-order valence-corrected chi connectivity index (χ2v) is 6.39. The average molecular weight is 375 g/mol. The van der Waals surface area contributed by atoms with Crippen molar-refractivity contribution in [3.05, 3.63) is 58.6 Å². The van der Waals surface area contributed by atoms with Crippen LogP contribution in [-0.2, 0) is 0 Å². The fourth-order valence-corrected chi connectivity index (χ4v) is 3.11. The van der Waals surface area contributed by atoms with Crippen LogP contribution in [0.4, 0.5) is 5.69 Å². The quantitative estimate of drug-likeness (QED) is 0.701. The number of thiazole rings is 1. The van der Waals surface area contributed by atoms with E-state index in [0.29, 0.717) is 27.9 Å². The van der Waals surface area contributed by atoms with E-state index in [2.05, 4.69) is 10.3 Å². The van der Waals surface area contributed by atoms with Gasteiger partial charge in [0.1, 0.15) is 22.2 Å². The Balaban J connectivity index is 1.79. The Morgan fingerprint density at radius 1 is 1.08 bits per heavy atom. The number of benzene rings is 2. The van der Waals surface area contributed by atoms with Crippen molar-refractivity contribution < 1.29 is 14.3 Å². The predicted molar refractivity (Wildman–Crippen MR) is 100 cm³/mol. The third kappa shape index (κ3) is 4.10. The molecular weight excluding hydrogens is 360 g/mol. The maximum absolute atomic E-state index is 12.4. The van der Waals surface area contributed by atoms with E-state index in [-0.39, 0.29) is 5.91 Å². The molecule has 1 amide bonds. The molecule has 25 heavy (non-hydrogen) atoms. The van der Waals surface area contributed by atoms with Crippen molar-refractivity contribution in [3.63, 3.8) is 0 Å². The van der Waals surface area contributed by atoms with Crippen LogP contribution in [0.3, 0.4) is 0 Å². The highest BCUT2D eigenvalue weighted by Gasteiger charge is 2.13. The van der Waals surface area contributed by atoms with E-state index >= 15 is 0 Å². The van der Waals surface area contributed by atoms with Gasteiger partial charge in [0.05, 0.1) is 14.2 Å². The molecule has 0 spiro atoms. The van der Waals surface area contributed by atoms with Gasteiger partial charge in [0.2, 0.25) is 0 Å². The first-order valence-electron chi connectivity index (χ1n) is 7.35. The first-order chi connectivity index (χ1) is 12.1. The van der Waals surface area contributed by atoms with Gasteiger partial charge in [-0.25, -0.2) is 4.98 Å². The largest absolute Gasteiger partial charge is 0.497 e. The average Bonchev–Trinajstić information content (AvgIpc) is 3.12. The van der Waals surface area contributed by atoms with Gasteiger partial charge in [-0.1, -0.05) is 23.7 Å². The van der Waals surface area contributed by atoms with Crippen LogP contribution in [0.5, 0.6) is 11.5 Å². The van der Waals surface area contributed by atoms with Crippen LogP contribution in [0.25, 0.3) is 10.6 Å². The van der Waals surface area contributed by atoms with Gasteiger partial charge in [0.25, 0.3) is 5.91 Å². The molecule has 0 aliphatic carbocycles. The molecule has 3 aromatic rings. The molecule has 2 aromatic carbocycles. The summed E-state index contributed by atoms with van der Waals surface area (Å²) in [7, 11) is 3.11. The second-order valence-electron chi connectivity index (χ2n) is 5.10. The highest BCUT2D eigenvalue weighted by atomic mass is 35.5. The smallest absolute Gasteiger partial charge is 0.275 e.